The minimum absolute atomic E-state index is 0.238. The van der Waals surface area contributed by atoms with Crippen molar-refractivity contribution in [3.63, 3.8) is 0 Å². The van der Waals surface area contributed by atoms with Gasteiger partial charge in [-0.15, -0.1) is 0 Å². The molecule has 2 aromatic carbocycles. The van der Waals surface area contributed by atoms with E-state index < -0.39 is 0 Å². The SMILES string of the molecule is Clc1ncnc2c1ncn2CCC(COCc1ccccc1)COCc1ccccc1. The summed E-state index contributed by atoms with van der Waals surface area (Å²) in [6.45, 7) is 3.16. The Bertz CT molecular complexity index is 1030. The van der Waals surface area contributed by atoms with Crippen molar-refractivity contribution in [2.45, 2.75) is 26.2 Å². The van der Waals surface area contributed by atoms with Crippen LogP contribution in [0.1, 0.15) is 17.5 Å². The lowest BCUT2D eigenvalue weighted by molar-refractivity contribution is 0.0226. The van der Waals surface area contributed by atoms with Crippen molar-refractivity contribution >= 4 is 22.8 Å². The number of ether oxygens (including phenoxy) is 2. The Labute approximate surface area is 186 Å². The molecule has 7 heteroatoms. The Morgan fingerprint density at radius 2 is 1.42 bits per heavy atom. The van der Waals surface area contributed by atoms with Crippen LogP contribution in [0.25, 0.3) is 11.2 Å². The monoisotopic (exact) mass is 436 g/mol. The molecule has 0 saturated carbocycles. The van der Waals surface area contributed by atoms with Crippen molar-refractivity contribution in [1.82, 2.24) is 19.5 Å². The van der Waals surface area contributed by atoms with Gasteiger partial charge in [0.25, 0.3) is 0 Å². The lowest BCUT2D eigenvalue weighted by Gasteiger charge is -2.18. The molecule has 0 spiro atoms. The third-order valence-electron chi connectivity index (χ3n) is 5.07. The Balaban J connectivity index is 1.35. The van der Waals surface area contributed by atoms with Gasteiger partial charge < -0.3 is 14.0 Å². The number of aromatic nitrogens is 4. The maximum Gasteiger partial charge on any atom is 0.164 e. The minimum atomic E-state index is 0.238. The summed E-state index contributed by atoms with van der Waals surface area (Å²) >= 11 is 6.12. The van der Waals surface area contributed by atoms with Crippen LogP contribution in [0.2, 0.25) is 5.15 Å². The molecule has 6 nitrogen and oxygen atoms in total. The van der Waals surface area contributed by atoms with E-state index in [1.54, 1.807) is 6.33 Å². The zero-order valence-corrected chi connectivity index (χ0v) is 18.0. The third kappa shape index (κ3) is 6.10. The number of fused-ring (bicyclic) bond motifs is 1. The molecule has 0 unspecified atom stereocenters. The fourth-order valence-corrected chi connectivity index (χ4v) is 3.56. The highest BCUT2D eigenvalue weighted by Crippen LogP contribution is 2.19. The predicted octanol–water partition coefficient (Wildman–Crippen LogP) is 4.92. The molecular formula is C24H25ClN4O2. The molecule has 4 aromatic rings. The largest absolute Gasteiger partial charge is 0.376 e. The van der Waals surface area contributed by atoms with E-state index in [2.05, 4.69) is 39.2 Å². The van der Waals surface area contributed by atoms with Crippen LogP contribution in [0.15, 0.2) is 73.3 Å². The first kappa shape index (κ1) is 21.4. The third-order valence-corrected chi connectivity index (χ3v) is 5.34. The minimum Gasteiger partial charge on any atom is -0.376 e. The van der Waals surface area contributed by atoms with Crippen molar-refractivity contribution in [3.8, 4) is 0 Å². The molecule has 0 aliphatic heterocycles. The average Bonchev–Trinajstić information content (AvgIpc) is 3.23. The van der Waals surface area contributed by atoms with Crippen LogP contribution in [0.4, 0.5) is 0 Å². The fraction of sp³-hybridized carbons (Fsp3) is 0.292. The van der Waals surface area contributed by atoms with Crippen molar-refractivity contribution in [1.29, 1.82) is 0 Å². The van der Waals surface area contributed by atoms with Crippen molar-refractivity contribution in [2.75, 3.05) is 13.2 Å². The number of aryl methyl sites for hydroxylation is 1. The quantitative estimate of drug-likeness (QED) is 0.312. The fourth-order valence-electron chi connectivity index (χ4n) is 3.39. The van der Waals surface area contributed by atoms with Gasteiger partial charge in [0.15, 0.2) is 10.8 Å². The number of nitrogens with zero attached hydrogens (tertiary/aromatic N) is 4. The lowest BCUT2D eigenvalue weighted by Crippen LogP contribution is -2.18. The van der Waals surface area contributed by atoms with Crippen LogP contribution in [0.3, 0.4) is 0 Å². The zero-order valence-electron chi connectivity index (χ0n) is 17.2. The Hall–Kier alpha value is -2.80. The van der Waals surface area contributed by atoms with Crippen LogP contribution < -0.4 is 0 Å². The molecule has 4 rings (SSSR count). The van der Waals surface area contributed by atoms with Gasteiger partial charge in [-0.1, -0.05) is 72.3 Å². The number of benzene rings is 2. The van der Waals surface area contributed by atoms with Gasteiger partial charge >= 0.3 is 0 Å². The summed E-state index contributed by atoms with van der Waals surface area (Å²) in [5.41, 5.74) is 3.70. The van der Waals surface area contributed by atoms with Crippen molar-refractivity contribution in [2.24, 2.45) is 5.92 Å². The molecule has 0 N–H and O–H groups in total. The summed E-state index contributed by atoms with van der Waals surface area (Å²) in [6, 6.07) is 20.4. The summed E-state index contributed by atoms with van der Waals surface area (Å²) in [4.78, 5) is 12.7. The van der Waals surface area contributed by atoms with E-state index in [0.717, 1.165) is 18.6 Å². The first-order chi connectivity index (χ1) is 15.3. The van der Waals surface area contributed by atoms with Gasteiger partial charge in [-0.05, 0) is 17.5 Å². The van der Waals surface area contributed by atoms with Gasteiger partial charge in [0.1, 0.15) is 11.8 Å². The topological polar surface area (TPSA) is 62.1 Å². The highest BCUT2D eigenvalue weighted by Gasteiger charge is 2.13. The van der Waals surface area contributed by atoms with Crippen LogP contribution >= 0.6 is 11.6 Å². The summed E-state index contributed by atoms with van der Waals surface area (Å²) < 4.78 is 14.0. The van der Waals surface area contributed by atoms with Gasteiger partial charge in [-0.25, -0.2) is 15.0 Å². The molecule has 160 valence electrons. The van der Waals surface area contributed by atoms with Gasteiger partial charge in [0, 0.05) is 12.5 Å². The molecule has 0 aliphatic carbocycles. The highest BCUT2D eigenvalue weighted by atomic mass is 35.5. The molecule has 0 saturated heterocycles. The number of hydrogen-bond donors (Lipinski definition) is 0. The highest BCUT2D eigenvalue weighted by molar-refractivity contribution is 6.33. The average molecular weight is 437 g/mol. The molecule has 0 radical (unpaired) electrons. The van der Waals surface area contributed by atoms with Crippen LogP contribution in [0.5, 0.6) is 0 Å². The van der Waals surface area contributed by atoms with E-state index >= 15 is 0 Å². The standard InChI is InChI=1S/C24H25ClN4O2/c25-23-22-24(27-17-26-23)29(18-28-22)12-11-21(15-30-13-19-7-3-1-4-8-19)16-31-14-20-9-5-2-6-10-20/h1-10,17-18,21H,11-16H2. The Morgan fingerprint density at radius 1 is 0.806 bits per heavy atom. The van der Waals surface area contributed by atoms with E-state index in [1.165, 1.54) is 17.5 Å². The smallest absolute Gasteiger partial charge is 0.164 e. The maximum absolute atomic E-state index is 6.12. The van der Waals surface area contributed by atoms with Gasteiger partial charge in [0.2, 0.25) is 0 Å². The second kappa shape index (κ2) is 11.0. The van der Waals surface area contributed by atoms with Crippen LogP contribution in [-0.2, 0) is 29.2 Å². The maximum atomic E-state index is 6.12. The molecule has 2 heterocycles. The summed E-state index contributed by atoms with van der Waals surface area (Å²) in [5.74, 6) is 0.238. The molecular weight excluding hydrogens is 412 g/mol. The number of hydrogen-bond acceptors (Lipinski definition) is 5. The summed E-state index contributed by atoms with van der Waals surface area (Å²) in [5, 5.41) is 0.373. The van der Waals surface area contributed by atoms with Gasteiger partial charge in [-0.3, -0.25) is 0 Å². The molecule has 0 fully saturated rings. The van der Waals surface area contributed by atoms with E-state index in [9.17, 15) is 0 Å². The number of halogens is 1. The van der Waals surface area contributed by atoms with E-state index in [1.807, 2.05) is 41.0 Å². The number of imidazole rings is 1. The van der Waals surface area contributed by atoms with Crippen LogP contribution in [0, 0.1) is 5.92 Å². The lowest BCUT2D eigenvalue weighted by atomic mass is 10.1. The van der Waals surface area contributed by atoms with Crippen molar-refractivity contribution < 1.29 is 9.47 Å². The summed E-state index contributed by atoms with van der Waals surface area (Å²) in [6.07, 6.45) is 4.10. The van der Waals surface area contributed by atoms with Gasteiger partial charge in [0.05, 0.1) is 32.8 Å². The van der Waals surface area contributed by atoms with Crippen molar-refractivity contribution in [3.05, 3.63) is 89.6 Å². The Morgan fingerprint density at radius 3 is 2.03 bits per heavy atom. The zero-order chi connectivity index (χ0) is 21.3. The molecule has 2 aromatic heterocycles. The molecule has 0 atom stereocenters. The summed E-state index contributed by atoms with van der Waals surface area (Å²) in [7, 11) is 0. The number of rotatable bonds is 11. The second-order valence-electron chi connectivity index (χ2n) is 7.43. The molecule has 0 aliphatic rings. The normalized spacial score (nSPS) is 11.4. The molecule has 0 amide bonds. The first-order valence-corrected chi connectivity index (χ1v) is 10.7. The van der Waals surface area contributed by atoms with Gasteiger partial charge in [-0.2, -0.15) is 0 Å². The van der Waals surface area contributed by atoms with Crippen LogP contribution in [-0.4, -0.2) is 32.7 Å². The Kier molecular flexibility index (Phi) is 7.60. The van der Waals surface area contributed by atoms with E-state index in [4.69, 9.17) is 21.1 Å². The van der Waals surface area contributed by atoms with E-state index in [-0.39, 0.29) is 5.92 Å². The second-order valence-corrected chi connectivity index (χ2v) is 7.79. The van der Waals surface area contributed by atoms with E-state index in [0.29, 0.717) is 37.1 Å². The molecule has 31 heavy (non-hydrogen) atoms. The predicted molar refractivity (Wildman–Crippen MR) is 121 cm³/mol. The molecule has 0 bridgehead atoms. The first-order valence-electron chi connectivity index (χ1n) is 10.3.